The van der Waals surface area contributed by atoms with Gasteiger partial charge in [-0.3, -0.25) is 0 Å². The number of nitrogens with one attached hydrogen (secondary N) is 2. The van der Waals surface area contributed by atoms with Gasteiger partial charge in [0.15, 0.2) is 5.79 Å². The zero-order valence-corrected chi connectivity index (χ0v) is 43.0. The van der Waals surface area contributed by atoms with Gasteiger partial charge in [0, 0.05) is 12.3 Å². The normalized spacial score (nSPS) is 20.7. The molecule has 0 aliphatic carbocycles. The number of hydrogen-bond donors (Lipinski definition) is 2. The average Bonchev–Trinajstić information content (AvgIpc) is 3.15. The fourth-order valence-electron chi connectivity index (χ4n) is 7.80. The van der Waals surface area contributed by atoms with Crippen molar-refractivity contribution in [2.75, 3.05) is 23.5 Å². The Morgan fingerprint density at radius 1 is 1.10 bits per heavy atom. The molecule has 1 aromatic rings. The van der Waals surface area contributed by atoms with Crippen molar-refractivity contribution in [1.82, 2.24) is 0 Å². The van der Waals surface area contributed by atoms with Crippen molar-refractivity contribution in [3.05, 3.63) is 33.4 Å². The number of carbonyl (C=O) groups excluding carboxylic acids is 3. The van der Waals surface area contributed by atoms with Crippen LogP contribution in [-0.4, -0.2) is 81.8 Å². The van der Waals surface area contributed by atoms with E-state index in [0.29, 0.717) is 42.1 Å². The number of unbranched alkanes of at least 4 members (excludes halogenated alkanes) is 3. The molecule has 0 saturated carbocycles. The molecule has 328 valence electrons. The second kappa shape index (κ2) is 23.0. The van der Waals surface area contributed by atoms with Gasteiger partial charge in [-0.1, -0.05) is 6.92 Å². The molecule has 0 spiro atoms. The van der Waals surface area contributed by atoms with E-state index in [0.717, 1.165) is 22.3 Å². The van der Waals surface area contributed by atoms with Crippen molar-refractivity contribution in [3.8, 4) is 5.75 Å². The Hall–Kier alpha value is -1.64. The summed E-state index contributed by atoms with van der Waals surface area (Å²) in [5, 5.41) is 6.26. The Morgan fingerprint density at radius 2 is 1.72 bits per heavy atom. The summed E-state index contributed by atoms with van der Waals surface area (Å²) in [6.07, 6.45) is 13.9. The van der Waals surface area contributed by atoms with Gasteiger partial charge < -0.3 is 14.3 Å². The summed E-state index contributed by atoms with van der Waals surface area (Å²) >= 11 is -1.07. The van der Waals surface area contributed by atoms with Crippen molar-refractivity contribution >= 4 is 67.9 Å². The first kappa shape index (κ1) is 50.7. The van der Waals surface area contributed by atoms with Crippen molar-refractivity contribution in [1.29, 1.82) is 0 Å². The Bertz CT molecular complexity index is 1570. The number of benzene rings is 1. The molecular formula is C46H78N2O7SSiSn. The molecule has 2 heterocycles. The van der Waals surface area contributed by atoms with Gasteiger partial charge in [0.1, 0.15) is 6.29 Å². The zero-order chi connectivity index (χ0) is 43.3. The molecule has 2 aliphatic rings. The number of allylic oxidation sites excluding steroid dienone is 1. The summed E-state index contributed by atoms with van der Waals surface area (Å²) in [5.74, 6) is -0.0329. The first-order valence-corrected chi connectivity index (χ1v) is 33.6. The molecule has 9 nitrogen and oxygen atoms in total. The van der Waals surface area contributed by atoms with Gasteiger partial charge in [0.2, 0.25) is 0 Å². The third-order valence-electron chi connectivity index (χ3n) is 12.4. The number of carbonyl (C=O) groups is 3. The number of aldehydes is 1. The monoisotopic (exact) mass is 950 g/mol. The first-order chi connectivity index (χ1) is 27.3. The molecule has 1 aromatic carbocycles. The molecule has 0 unspecified atom stereocenters. The van der Waals surface area contributed by atoms with Crippen LogP contribution in [0.15, 0.2) is 32.8 Å². The molecule has 2 N–H and O–H groups in total. The van der Waals surface area contributed by atoms with Gasteiger partial charge >= 0.3 is 279 Å². The van der Waals surface area contributed by atoms with E-state index >= 15 is 0 Å². The second-order valence-electron chi connectivity index (χ2n) is 18.7. The van der Waals surface area contributed by atoms with Crippen molar-refractivity contribution in [2.24, 2.45) is 5.92 Å². The summed E-state index contributed by atoms with van der Waals surface area (Å²) in [7, 11) is -0.709. The topological polar surface area (TPSA) is 112 Å². The van der Waals surface area contributed by atoms with Crippen LogP contribution in [0.4, 0.5) is 11.4 Å². The van der Waals surface area contributed by atoms with E-state index in [1.807, 2.05) is 19.9 Å². The summed E-state index contributed by atoms with van der Waals surface area (Å²) in [5.41, 5.74) is 3.33. The minimum atomic E-state index is -2.60. The van der Waals surface area contributed by atoms with E-state index in [2.05, 4.69) is 95.4 Å². The summed E-state index contributed by atoms with van der Waals surface area (Å²) in [6.45, 7) is 25.9. The van der Waals surface area contributed by atoms with Crippen LogP contribution < -0.4 is 15.1 Å². The van der Waals surface area contributed by atoms with Gasteiger partial charge in [0.25, 0.3) is 0 Å². The molecule has 2 aliphatic heterocycles. The molecule has 0 aromatic heterocycles. The summed E-state index contributed by atoms with van der Waals surface area (Å²) in [4.78, 5) is 39.3. The molecule has 2 amide bonds. The fourth-order valence-corrected chi connectivity index (χ4v) is 24.2. The predicted octanol–water partition coefficient (Wildman–Crippen LogP) is 12.0. The fraction of sp³-hybridized carbons (Fsp3) is 0.717. The summed E-state index contributed by atoms with van der Waals surface area (Å²) < 4.78 is 32.3. The van der Waals surface area contributed by atoms with Gasteiger partial charge in [-0.25, -0.2) is 0 Å². The average molecular weight is 950 g/mol. The predicted molar refractivity (Wildman–Crippen MR) is 247 cm³/mol. The molecule has 1 fully saturated rings. The number of anilines is 2. The van der Waals surface area contributed by atoms with Crippen LogP contribution in [0.2, 0.25) is 31.4 Å². The quantitative estimate of drug-likeness (QED) is 0.0634. The Kier molecular flexibility index (Phi) is 20.1. The van der Waals surface area contributed by atoms with Crippen molar-refractivity contribution < 1.29 is 33.0 Å². The number of fused-ring (bicyclic) bond motifs is 1. The van der Waals surface area contributed by atoms with Gasteiger partial charge in [-0.15, -0.1) is 0 Å². The maximum absolute atomic E-state index is 14.1. The number of amides is 2. The zero-order valence-electron chi connectivity index (χ0n) is 38.4. The Morgan fingerprint density at radius 3 is 2.28 bits per heavy atom. The Balaban J connectivity index is 2.03. The molecule has 12 heteroatoms. The van der Waals surface area contributed by atoms with Crippen LogP contribution >= 0.6 is 11.8 Å². The molecular weight excluding hydrogens is 871 g/mol. The maximum atomic E-state index is 14.1. The molecule has 58 heavy (non-hydrogen) atoms. The van der Waals surface area contributed by atoms with E-state index in [1.54, 1.807) is 7.11 Å². The molecule has 0 bridgehead atoms. The minimum absolute atomic E-state index is 0.00113. The van der Waals surface area contributed by atoms with Gasteiger partial charge in [-0.05, 0) is 26.3 Å². The Labute approximate surface area is 361 Å². The van der Waals surface area contributed by atoms with E-state index in [-0.39, 0.29) is 47.5 Å². The van der Waals surface area contributed by atoms with E-state index in [1.165, 1.54) is 63.6 Å². The van der Waals surface area contributed by atoms with E-state index in [9.17, 15) is 14.4 Å². The number of hydrogen-bond acceptors (Lipinski definition) is 8. The van der Waals surface area contributed by atoms with Crippen LogP contribution in [0.3, 0.4) is 0 Å². The molecule has 0 radical (unpaired) electrons. The SMILES string of the molecule is CCC[CH2][Sn](/[CH]=C/[C@@H](CC(=O)Nc1cc2c(c(CC/C=C(/C)[C@@H]3OC(C)(C)O[C@@H](CC=O)[C@@H]3C)c1O[Si](C)(C)C(C)(C)C)SCC(=O)N2)OC)([CH2]CCC)[CH2]CCC. The van der Waals surface area contributed by atoms with Crippen LogP contribution in [0, 0.1) is 5.92 Å². The number of ether oxygens (including phenoxy) is 3. The number of thioether (sulfide) groups is 1. The number of rotatable bonds is 23. The van der Waals surface area contributed by atoms with Gasteiger partial charge in [0.05, 0.1) is 12.2 Å². The van der Waals surface area contributed by atoms with E-state index in [4.69, 9.17) is 18.6 Å². The van der Waals surface area contributed by atoms with Crippen LogP contribution in [0.25, 0.3) is 0 Å². The molecule has 1 saturated heterocycles. The first-order valence-electron chi connectivity index (χ1n) is 22.0. The molecule has 3 rings (SSSR count). The van der Waals surface area contributed by atoms with Crippen LogP contribution in [-0.2, 0) is 35.0 Å². The van der Waals surface area contributed by atoms with Crippen molar-refractivity contribution in [3.63, 3.8) is 0 Å². The number of methoxy groups -OCH3 is 1. The third-order valence-corrected chi connectivity index (χ3v) is 32.0. The van der Waals surface area contributed by atoms with Crippen LogP contribution in [0.1, 0.15) is 133 Å². The van der Waals surface area contributed by atoms with Crippen molar-refractivity contribution in [2.45, 2.75) is 194 Å². The third kappa shape index (κ3) is 14.5. The van der Waals surface area contributed by atoms with Crippen LogP contribution in [0.5, 0.6) is 5.75 Å². The molecule has 4 atom stereocenters. The second-order valence-corrected chi connectivity index (χ2v) is 37.4. The summed E-state index contributed by atoms with van der Waals surface area (Å²) in [6, 6.07) is 1.89. The standard InChI is InChI=1S/C34H51N2O7SSi.3C4H9.Sn/c1-12-23(40-9)18-28(38)35-25-19-26-32(44-20-29(39)36-26)24(31(25)43-45(10,11)33(4,5)6)15-13-14-21(2)30-22(3)27(16-17-37)41-34(7,8)42-30;3*1-3-4-2;/h1,12,14,17,19,22-23,27,30H,13,15-16,18,20H2,2-11H3,(H,35,38)(H,36,39);3*1,3-4H2,2H3;/b12-1?,21-14-;;;;/t22-,23-,27-,30-;;;;/m0..../s1. The van der Waals surface area contributed by atoms with Gasteiger partial charge in [-0.2, -0.15) is 0 Å². The van der Waals surface area contributed by atoms with E-state index < -0.39 is 32.5 Å².